The van der Waals surface area contributed by atoms with Crippen molar-refractivity contribution >= 4 is 55.4 Å². The first kappa shape index (κ1) is 87.7. The van der Waals surface area contributed by atoms with E-state index in [9.17, 15) is 44.7 Å². The van der Waals surface area contributed by atoms with Gasteiger partial charge in [-0.05, 0) is 103 Å². The summed E-state index contributed by atoms with van der Waals surface area (Å²) >= 11 is 9.53. The van der Waals surface area contributed by atoms with E-state index in [4.69, 9.17) is 80.0 Å². The maximum atomic E-state index is 14.2. The van der Waals surface area contributed by atoms with Crippen molar-refractivity contribution < 1.29 is 97.9 Å². The molecule has 8 fully saturated rings. The Balaban J connectivity index is 0.000000226. The fourth-order valence-corrected chi connectivity index (χ4v) is 22.9. The number of hydrogen-bond donors (Lipinski definition) is 5. The number of nitrogens with zero attached hydrogens (tertiary/aromatic N) is 1. The summed E-state index contributed by atoms with van der Waals surface area (Å²) < 4.78 is 71.5. The first-order valence-electron chi connectivity index (χ1n) is 38.1. The molecule has 0 spiro atoms. The van der Waals surface area contributed by atoms with Gasteiger partial charge in [-0.25, -0.2) is 9.59 Å². The minimum absolute atomic E-state index is 0. The second-order valence-corrected chi connectivity index (χ2v) is 40.3. The van der Waals surface area contributed by atoms with E-state index >= 15 is 0 Å². The van der Waals surface area contributed by atoms with Crippen molar-refractivity contribution in [3.8, 4) is 0 Å². The van der Waals surface area contributed by atoms with Crippen LogP contribution in [0.1, 0.15) is 198 Å². The molecule has 3 aromatic rings. The number of carbonyl (C=O) groups excluding carboxylic acids is 4. The minimum atomic E-state index is -2.32. The lowest BCUT2D eigenvalue weighted by Crippen LogP contribution is -2.82. The number of hydrogen-bond acceptors (Lipinski definition) is 21. The molecule has 22 atom stereocenters. The largest absolute Gasteiger partial charge is 0.455 e. The maximum Gasteiger partial charge on any atom is 0.338 e. The van der Waals surface area contributed by atoms with Crippen molar-refractivity contribution in [2.75, 3.05) is 18.6 Å². The molecule has 5 heterocycles. The lowest BCUT2D eigenvalue weighted by Gasteiger charge is -2.69. The zero-order valence-electron chi connectivity index (χ0n) is 66.4. The van der Waals surface area contributed by atoms with Gasteiger partial charge in [-0.3, -0.25) is 14.6 Å². The van der Waals surface area contributed by atoms with Crippen LogP contribution in [0.4, 0.5) is 0 Å². The average molecular weight is 1580 g/mol. The van der Waals surface area contributed by atoms with Gasteiger partial charge in [0.05, 0.1) is 78.1 Å². The number of aromatic nitrogens is 1. The van der Waals surface area contributed by atoms with E-state index in [1.54, 1.807) is 67.6 Å². The molecule has 10 aliphatic rings. The molecule has 4 saturated carbocycles. The SMILES string of the molecule is C.C=CC1O[C@@H]2C3=C(C)[C@@H](O)C[C@@](O)([C@@H](OC(=O)c4ccccc4)[C@H]4[C@@](C)([C@@H](O[Si](CC)(CC)CC)CC5OC[C@]54OC(C)=O)[C@@H]2O1)C3(C)C.C=CC1O[C@@H]2C3=C(C)[C@@H](O)C[C@@](O)([C@@H](OC(=O)c4ccccc4)[C@H]4[C@](C)([C@@H]2O1)[C@@H](O)CC1OC[C@]14OC(C)=O)C3(C)C.CC(C)(C)c1cccc(C(C)(C)C)n1.ClCCl.[2HH]. The van der Waals surface area contributed by atoms with Crippen LogP contribution in [0.3, 0.4) is 0 Å². The zero-order chi connectivity index (χ0) is 79.8. The lowest BCUT2D eigenvalue weighted by molar-refractivity contribution is -0.361. The Bertz CT molecular complexity index is 3850. The Kier molecular flexibility index (Phi) is 25.9. The highest BCUT2D eigenvalue weighted by Gasteiger charge is 2.81. The number of fused-ring (bicyclic) bond motifs is 16. The molecule has 6 aliphatic carbocycles. The van der Waals surface area contributed by atoms with Gasteiger partial charge in [0.15, 0.2) is 32.1 Å². The highest BCUT2D eigenvalue weighted by Crippen LogP contribution is 2.70. The molecule has 1 aromatic heterocycles. The van der Waals surface area contributed by atoms with Gasteiger partial charge < -0.3 is 77.3 Å². The monoisotopic (exact) mass is 1580 g/mol. The molecule has 4 saturated heterocycles. The topological polar surface area (TPSA) is 284 Å². The highest BCUT2D eigenvalue weighted by molar-refractivity contribution is 6.73. The minimum Gasteiger partial charge on any atom is -0.455 e. The quantitative estimate of drug-likeness (QED) is 0.0349. The molecule has 4 aliphatic heterocycles. The van der Waals surface area contributed by atoms with Gasteiger partial charge in [0.2, 0.25) is 0 Å². The number of alkyl halides is 2. The Morgan fingerprint density at radius 2 is 0.963 bits per heavy atom. The van der Waals surface area contributed by atoms with Gasteiger partial charge in [0.25, 0.3) is 0 Å². The van der Waals surface area contributed by atoms with Gasteiger partial charge in [-0.1, -0.05) is 167 Å². The van der Waals surface area contributed by atoms with Crippen molar-refractivity contribution in [2.24, 2.45) is 33.5 Å². The van der Waals surface area contributed by atoms with E-state index < -0.39 is 174 Å². The summed E-state index contributed by atoms with van der Waals surface area (Å²) in [5, 5.41) is 61.7. The Morgan fingerprint density at radius 3 is 1.30 bits per heavy atom. The lowest BCUT2D eigenvalue weighted by atomic mass is 9.44. The molecule has 21 nitrogen and oxygen atoms in total. The van der Waals surface area contributed by atoms with E-state index in [1.807, 2.05) is 47.6 Å². The van der Waals surface area contributed by atoms with E-state index in [1.165, 1.54) is 31.3 Å². The number of ether oxygens (including phenoxy) is 10. The number of rotatable bonds is 13. The summed E-state index contributed by atoms with van der Waals surface area (Å²) in [7, 11) is -2.32. The number of carbonyl (C=O) groups is 4. The molecular weight excluding hydrogens is 1450 g/mol. The molecule has 606 valence electrons. The molecule has 4 unspecified atom stereocenters. The third kappa shape index (κ3) is 14.9. The smallest absolute Gasteiger partial charge is 0.338 e. The maximum absolute atomic E-state index is 14.2. The van der Waals surface area contributed by atoms with Crippen molar-refractivity contribution in [2.45, 2.75) is 302 Å². The first-order chi connectivity index (χ1) is 50.4. The normalized spacial score (nSPS) is 37.6. The van der Waals surface area contributed by atoms with Crippen LogP contribution in [-0.4, -0.2) is 189 Å². The van der Waals surface area contributed by atoms with Crippen molar-refractivity contribution in [3.63, 3.8) is 0 Å². The van der Waals surface area contributed by atoms with Crippen LogP contribution in [0.2, 0.25) is 18.1 Å². The number of aliphatic hydroxyl groups is 5. The molecule has 109 heavy (non-hydrogen) atoms. The van der Waals surface area contributed by atoms with Crippen molar-refractivity contribution in [1.82, 2.24) is 4.98 Å². The summed E-state index contributed by atoms with van der Waals surface area (Å²) in [6.45, 7) is 45.2. The zero-order valence-corrected chi connectivity index (χ0v) is 69.0. The first-order valence-corrected chi connectivity index (χ1v) is 41.7. The Hall–Kier alpha value is -5.25. The van der Waals surface area contributed by atoms with Gasteiger partial charge in [-0.15, -0.1) is 23.2 Å². The van der Waals surface area contributed by atoms with Gasteiger partial charge >= 0.3 is 23.9 Å². The predicted octanol–water partition coefficient (Wildman–Crippen LogP) is 13.9. The highest BCUT2D eigenvalue weighted by atomic mass is 35.5. The number of pyridine rings is 1. The number of halogens is 2. The van der Waals surface area contributed by atoms with Gasteiger partial charge in [0, 0.05) is 84.8 Å². The molecular formula is C85H123Cl2NO20Si. The predicted molar refractivity (Wildman–Crippen MR) is 419 cm³/mol. The second-order valence-electron chi connectivity index (χ2n) is 34.8. The fourth-order valence-electron chi connectivity index (χ4n) is 20.0. The van der Waals surface area contributed by atoms with Gasteiger partial charge in [0.1, 0.15) is 47.8 Å². The average Bonchev–Trinajstić information content (AvgIpc) is 1.05. The fraction of sp³-hybridized carbons (Fsp3) is 0.659. The molecule has 0 radical (unpaired) electrons. The van der Waals surface area contributed by atoms with Crippen LogP contribution < -0.4 is 0 Å². The molecule has 5 N–H and O–H groups in total. The number of esters is 4. The van der Waals surface area contributed by atoms with E-state index in [-0.39, 0.29) is 63.1 Å². The second kappa shape index (κ2) is 32.2. The summed E-state index contributed by atoms with van der Waals surface area (Å²) in [5.41, 5.74) is -5.25. The molecule has 24 heteroatoms. The van der Waals surface area contributed by atoms with E-state index in [0.29, 0.717) is 34.3 Å². The van der Waals surface area contributed by atoms with Crippen LogP contribution in [0.5, 0.6) is 0 Å². The summed E-state index contributed by atoms with van der Waals surface area (Å²) in [5.74, 6) is -4.36. The Labute approximate surface area is 657 Å². The molecule has 4 bridgehead atoms. The van der Waals surface area contributed by atoms with E-state index in [2.05, 4.69) is 101 Å². The van der Waals surface area contributed by atoms with Crippen LogP contribution in [0, 0.1) is 33.5 Å². The number of benzene rings is 2. The third-order valence-corrected chi connectivity index (χ3v) is 31.0. The third-order valence-electron chi connectivity index (χ3n) is 26.3. The van der Waals surface area contributed by atoms with Crippen molar-refractivity contribution in [3.05, 3.63) is 149 Å². The Morgan fingerprint density at radius 1 is 0.596 bits per heavy atom. The van der Waals surface area contributed by atoms with E-state index in [0.717, 1.165) is 18.1 Å². The van der Waals surface area contributed by atoms with Crippen LogP contribution in [-0.2, 0) is 72.2 Å². The molecule has 0 amide bonds. The van der Waals surface area contributed by atoms with Crippen LogP contribution in [0.25, 0.3) is 0 Å². The van der Waals surface area contributed by atoms with Crippen LogP contribution >= 0.6 is 23.2 Å². The van der Waals surface area contributed by atoms with Gasteiger partial charge in [-0.2, -0.15) is 0 Å². The summed E-state index contributed by atoms with van der Waals surface area (Å²) in [4.78, 5) is 58.5. The van der Waals surface area contributed by atoms with Crippen LogP contribution in [0.15, 0.2) is 126 Å². The van der Waals surface area contributed by atoms with Crippen molar-refractivity contribution in [1.29, 1.82) is 0 Å². The molecule has 13 rings (SSSR count). The number of aliphatic hydroxyl groups excluding tert-OH is 3. The summed E-state index contributed by atoms with van der Waals surface area (Å²) in [6.07, 6.45) is -9.19. The standard InChI is InChI=1S/C38H54O10Si.C32H40O10.C13H21N.CH2Cl2.CH4.H2/c1-10-28-44-30-29-22(5)25(40)20-38(42,35(29,7)8)33(46-34(41)24-17-15-14-16-18-24)31-36(9,32(30)45-28)26(48-49(11-2,12-3)13-4)19-27-37(31,21-43-27)47-23(6)39;1-7-22-39-24-23-16(2)19(34)14-32(37,29(23,4)5)27(41-28(36)18-11-9-8-10-12-18)25-30(6,26(24)40-22)20(35)13-21-31(25,15-38-21)42-17(3)33;1-12(2,3)10-8-7-9-11(14-10)13(4,5)6;2-1-3;;/h10,14-18,25-28,30-33,40,42H,1,11-13,19-21H2,2-9H3;7-12,19-22,24-27,34-35,37H,1,13-15H2,2-6H3;7-9H,1-6H3;1H2;1H4;1H/t25-,26-,27?,28?,30+,31-,32+,33-,36+,37-,38+;19-,20-,21?,22?,24+,25-,26+,27-,30+,31-,32+;;;;/m00..../s1/i;;;;;1+1. The molecule has 2 aromatic carbocycles. The summed E-state index contributed by atoms with van der Waals surface area (Å²) in [6, 6.07) is 26.0.